The molecule has 2 aromatic rings. The van der Waals surface area contributed by atoms with Crippen molar-refractivity contribution < 1.29 is 9.90 Å². The second kappa shape index (κ2) is 7.61. The van der Waals surface area contributed by atoms with Gasteiger partial charge in [-0.2, -0.15) is 0 Å². The van der Waals surface area contributed by atoms with E-state index < -0.39 is 29.1 Å². The van der Waals surface area contributed by atoms with Crippen LogP contribution in [0, 0.1) is 0 Å². The summed E-state index contributed by atoms with van der Waals surface area (Å²) < 4.78 is 2.27. The summed E-state index contributed by atoms with van der Waals surface area (Å²) in [7, 11) is 0. The summed E-state index contributed by atoms with van der Waals surface area (Å²) in [6.07, 6.45) is 1.28. The lowest BCUT2D eigenvalue weighted by molar-refractivity contribution is -0.141. The van der Waals surface area contributed by atoms with Crippen molar-refractivity contribution in [2.24, 2.45) is 0 Å². The van der Waals surface area contributed by atoms with E-state index in [1.54, 1.807) is 37.3 Å². The predicted octanol–water partition coefficient (Wildman–Crippen LogP) is 0.246. The van der Waals surface area contributed by atoms with Crippen LogP contribution in [0.15, 0.2) is 57.4 Å². The molecule has 1 aromatic heterocycles. The summed E-state index contributed by atoms with van der Waals surface area (Å²) >= 11 is 0. The maximum Gasteiger partial charge on any atom is 0.337 e. The monoisotopic (exact) mass is 345 g/mol. The van der Waals surface area contributed by atoms with Gasteiger partial charge in [-0.3, -0.25) is 0 Å². The normalized spacial score (nSPS) is 11.9. The highest BCUT2D eigenvalue weighted by Crippen LogP contribution is 2.11. The standard InChI is InChI=1S/C17H19N3O5/c1-3-10-19-15(23)18(4-2)16(24)20(17(19)25)13(14(21)22)11-12-8-6-5-7-9-12/h3,5-9,13H,1,4,10-11H2,2H3,(H,21,22)/t13-/m0/s1. The van der Waals surface area contributed by atoms with Crippen molar-refractivity contribution in [2.75, 3.05) is 0 Å². The Balaban J connectivity index is 2.73. The lowest BCUT2D eigenvalue weighted by Gasteiger charge is -2.18. The molecular weight excluding hydrogens is 326 g/mol. The molecule has 0 radical (unpaired) electrons. The average Bonchev–Trinajstić information content (AvgIpc) is 2.59. The minimum atomic E-state index is -1.42. The molecule has 0 saturated heterocycles. The number of allylic oxidation sites excluding steroid dienone is 1. The van der Waals surface area contributed by atoms with Crippen molar-refractivity contribution in [1.82, 2.24) is 13.7 Å². The molecule has 0 spiro atoms. The first kappa shape index (κ1) is 18.2. The van der Waals surface area contributed by atoms with E-state index in [2.05, 4.69) is 6.58 Å². The van der Waals surface area contributed by atoms with Gasteiger partial charge in [-0.05, 0) is 12.5 Å². The van der Waals surface area contributed by atoms with Gasteiger partial charge in [0.1, 0.15) is 6.04 Å². The van der Waals surface area contributed by atoms with Gasteiger partial charge in [0.25, 0.3) is 0 Å². The van der Waals surface area contributed by atoms with Crippen LogP contribution in [0.2, 0.25) is 0 Å². The van der Waals surface area contributed by atoms with Gasteiger partial charge in [0.05, 0.1) is 6.54 Å². The van der Waals surface area contributed by atoms with Gasteiger partial charge < -0.3 is 5.11 Å². The molecular formula is C17H19N3O5. The molecule has 1 aromatic carbocycles. The molecule has 0 bridgehead atoms. The minimum Gasteiger partial charge on any atom is -0.480 e. The van der Waals surface area contributed by atoms with Crippen LogP contribution in [-0.2, 0) is 24.3 Å². The third kappa shape index (κ3) is 3.52. The highest BCUT2D eigenvalue weighted by Gasteiger charge is 2.27. The Bertz CT molecular complexity index is 953. The molecule has 0 saturated carbocycles. The predicted molar refractivity (Wildman–Crippen MR) is 91.9 cm³/mol. The Morgan fingerprint density at radius 1 is 1.12 bits per heavy atom. The lowest BCUT2D eigenvalue weighted by atomic mass is 10.1. The smallest absolute Gasteiger partial charge is 0.337 e. The molecule has 0 unspecified atom stereocenters. The summed E-state index contributed by atoms with van der Waals surface area (Å²) in [5, 5.41) is 9.58. The molecule has 1 heterocycles. The number of hydrogen-bond acceptors (Lipinski definition) is 4. The lowest BCUT2D eigenvalue weighted by Crippen LogP contribution is -2.56. The average molecular weight is 345 g/mol. The van der Waals surface area contributed by atoms with Crippen LogP contribution in [0.25, 0.3) is 0 Å². The molecule has 1 N–H and O–H groups in total. The maximum atomic E-state index is 12.6. The van der Waals surface area contributed by atoms with Crippen molar-refractivity contribution in [3.05, 3.63) is 80.0 Å². The van der Waals surface area contributed by atoms with E-state index in [1.807, 2.05) is 0 Å². The fraction of sp³-hybridized carbons (Fsp3) is 0.294. The molecule has 25 heavy (non-hydrogen) atoms. The zero-order valence-electron chi connectivity index (χ0n) is 13.8. The number of benzene rings is 1. The fourth-order valence-corrected chi connectivity index (χ4v) is 2.60. The summed E-state index contributed by atoms with van der Waals surface area (Å²) in [6, 6.07) is 7.25. The third-order valence-electron chi connectivity index (χ3n) is 3.83. The quantitative estimate of drug-likeness (QED) is 0.724. The molecule has 0 aliphatic carbocycles. The Morgan fingerprint density at radius 2 is 1.72 bits per heavy atom. The molecule has 132 valence electrons. The second-order valence-corrected chi connectivity index (χ2v) is 5.41. The van der Waals surface area contributed by atoms with Gasteiger partial charge in [0.15, 0.2) is 0 Å². The molecule has 2 rings (SSSR count). The Morgan fingerprint density at radius 3 is 2.24 bits per heavy atom. The van der Waals surface area contributed by atoms with E-state index in [1.165, 1.54) is 6.08 Å². The first-order valence-electron chi connectivity index (χ1n) is 7.76. The van der Waals surface area contributed by atoms with Crippen molar-refractivity contribution >= 4 is 5.97 Å². The molecule has 0 amide bonds. The first-order chi connectivity index (χ1) is 11.9. The van der Waals surface area contributed by atoms with Crippen molar-refractivity contribution in [3.63, 3.8) is 0 Å². The largest absolute Gasteiger partial charge is 0.480 e. The molecule has 0 fully saturated rings. The number of carboxylic acids is 1. The number of carboxylic acid groups (broad SMARTS) is 1. The summed E-state index contributed by atoms with van der Waals surface area (Å²) in [5.41, 5.74) is -2.01. The number of hydrogen-bond donors (Lipinski definition) is 1. The van der Waals surface area contributed by atoms with Gasteiger partial charge in [0.2, 0.25) is 0 Å². The van der Waals surface area contributed by atoms with E-state index in [0.29, 0.717) is 10.1 Å². The summed E-state index contributed by atoms with van der Waals surface area (Å²) in [6.45, 7) is 4.96. The molecule has 1 atom stereocenters. The molecule has 8 heteroatoms. The fourth-order valence-electron chi connectivity index (χ4n) is 2.60. The Hall–Kier alpha value is -3.16. The highest BCUT2D eigenvalue weighted by atomic mass is 16.4. The van der Waals surface area contributed by atoms with Crippen LogP contribution >= 0.6 is 0 Å². The zero-order chi connectivity index (χ0) is 18.6. The summed E-state index contributed by atoms with van der Waals surface area (Å²) in [5.74, 6) is -1.32. The van der Waals surface area contributed by atoms with Crippen LogP contribution in [0.1, 0.15) is 18.5 Å². The number of nitrogens with zero attached hydrogens (tertiary/aromatic N) is 3. The SMILES string of the molecule is C=CCn1c(=O)n(CC)c(=O)n([C@@H](Cc2ccccc2)C(=O)O)c1=O. The topological polar surface area (TPSA) is 103 Å². The van der Waals surface area contributed by atoms with E-state index in [0.717, 1.165) is 9.13 Å². The van der Waals surface area contributed by atoms with Crippen LogP contribution in [0.5, 0.6) is 0 Å². The van der Waals surface area contributed by atoms with Gasteiger partial charge in [-0.25, -0.2) is 32.9 Å². The van der Waals surface area contributed by atoms with Crippen LogP contribution in [0.3, 0.4) is 0 Å². The second-order valence-electron chi connectivity index (χ2n) is 5.41. The van der Waals surface area contributed by atoms with Gasteiger partial charge >= 0.3 is 23.0 Å². The van der Waals surface area contributed by atoms with Crippen LogP contribution in [0.4, 0.5) is 0 Å². The number of carbonyl (C=O) groups is 1. The van der Waals surface area contributed by atoms with Crippen LogP contribution < -0.4 is 17.1 Å². The van der Waals surface area contributed by atoms with E-state index in [-0.39, 0.29) is 19.5 Å². The molecule has 8 nitrogen and oxygen atoms in total. The van der Waals surface area contributed by atoms with E-state index >= 15 is 0 Å². The highest BCUT2D eigenvalue weighted by molar-refractivity contribution is 5.72. The van der Waals surface area contributed by atoms with Gasteiger partial charge in [-0.1, -0.05) is 36.4 Å². The van der Waals surface area contributed by atoms with E-state index in [4.69, 9.17) is 0 Å². The number of rotatable bonds is 7. The van der Waals surface area contributed by atoms with Crippen LogP contribution in [-0.4, -0.2) is 24.8 Å². The van der Waals surface area contributed by atoms with Gasteiger partial charge in [0, 0.05) is 13.0 Å². The number of aromatic nitrogens is 3. The summed E-state index contributed by atoms with van der Waals surface area (Å²) in [4.78, 5) is 49.2. The Kier molecular flexibility index (Phi) is 5.53. The van der Waals surface area contributed by atoms with Crippen molar-refractivity contribution in [2.45, 2.75) is 32.5 Å². The Labute approximate surface area is 142 Å². The molecule has 0 aliphatic heterocycles. The maximum absolute atomic E-state index is 12.6. The van der Waals surface area contributed by atoms with Crippen molar-refractivity contribution in [3.8, 4) is 0 Å². The first-order valence-corrected chi connectivity index (χ1v) is 7.76. The number of aliphatic carboxylic acids is 1. The third-order valence-corrected chi connectivity index (χ3v) is 3.83. The molecule has 0 aliphatic rings. The van der Waals surface area contributed by atoms with Gasteiger partial charge in [-0.15, -0.1) is 6.58 Å². The minimum absolute atomic E-state index is 0.0206. The van der Waals surface area contributed by atoms with Crippen molar-refractivity contribution in [1.29, 1.82) is 0 Å². The van der Waals surface area contributed by atoms with E-state index in [9.17, 15) is 24.3 Å². The zero-order valence-corrected chi connectivity index (χ0v) is 13.8.